The third kappa shape index (κ3) is 5.43. The van der Waals surface area contributed by atoms with Gasteiger partial charge in [0.1, 0.15) is 5.75 Å². The van der Waals surface area contributed by atoms with E-state index in [1.165, 1.54) is 0 Å². The lowest BCUT2D eigenvalue weighted by molar-refractivity contribution is -0.139. The predicted octanol–water partition coefficient (Wildman–Crippen LogP) is 3.89. The van der Waals surface area contributed by atoms with E-state index in [9.17, 15) is 9.59 Å². The van der Waals surface area contributed by atoms with Crippen molar-refractivity contribution in [2.45, 2.75) is 19.3 Å². The van der Waals surface area contributed by atoms with Gasteiger partial charge in [-0.05, 0) is 37.1 Å². The Labute approximate surface area is 194 Å². The van der Waals surface area contributed by atoms with E-state index in [2.05, 4.69) is 0 Å². The lowest BCUT2D eigenvalue weighted by Crippen LogP contribution is -2.52. The first-order valence-corrected chi connectivity index (χ1v) is 11.5. The molecule has 0 radical (unpaired) electrons. The Bertz CT molecular complexity index is 933. The minimum absolute atomic E-state index is 0.0944. The number of likely N-dealkylation sites (tertiary alicyclic amines) is 1. The van der Waals surface area contributed by atoms with Gasteiger partial charge in [0.25, 0.3) is 5.91 Å². The molecule has 0 aliphatic carbocycles. The Hall–Kier alpha value is -2.57. The number of carbonyl (C=O) groups is 2. The number of piperidine rings is 1. The summed E-state index contributed by atoms with van der Waals surface area (Å²) in [5.74, 6) is 0.760. The minimum Gasteiger partial charge on any atom is -0.493 e. The number of ether oxygens (including phenoxy) is 2. The zero-order valence-electron chi connectivity index (χ0n) is 18.2. The molecule has 4 rings (SSSR count). The number of rotatable bonds is 6. The Morgan fingerprint density at radius 1 is 0.969 bits per heavy atom. The van der Waals surface area contributed by atoms with Crippen LogP contribution in [0.2, 0.25) is 5.02 Å². The number of nitrogens with zero attached hydrogens (tertiary/aromatic N) is 2. The molecular formula is C25H29ClN2O4. The van der Waals surface area contributed by atoms with Gasteiger partial charge in [0.05, 0.1) is 30.4 Å². The van der Waals surface area contributed by atoms with Gasteiger partial charge < -0.3 is 19.3 Å². The maximum atomic E-state index is 13.3. The van der Waals surface area contributed by atoms with Crippen molar-refractivity contribution < 1.29 is 19.1 Å². The SMILES string of the molecule is O=C(CC1(COc2ccccc2)CCCN(C(=O)c2ccccc2Cl)C1)N1CCOCC1. The molecular weight excluding hydrogens is 428 g/mol. The minimum atomic E-state index is -0.458. The number of morpholine rings is 1. The molecule has 1 atom stereocenters. The van der Waals surface area contributed by atoms with E-state index in [0.717, 1.165) is 18.6 Å². The van der Waals surface area contributed by atoms with E-state index in [1.807, 2.05) is 52.3 Å². The topological polar surface area (TPSA) is 59.1 Å². The standard InChI is InChI=1S/C25H29ClN2O4/c26-22-10-5-4-9-21(22)24(30)28-12-6-11-25(18-28,19-32-20-7-2-1-3-8-20)17-23(29)27-13-15-31-16-14-27/h1-5,7-10H,6,11-19H2. The van der Waals surface area contributed by atoms with Crippen molar-refractivity contribution in [1.82, 2.24) is 9.80 Å². The summed E-state index contributed by atoms with van der Waals surface area (Å²) in [6, 6.07) is 16.7. The van der Waals surface area contributed by atoms with Gasteiger partial charge in [-0.1, -0.05) is 41.9 Å². The molecule has 2 aliphatic heterocycles. The lowest BCUT2D eigenvalue weighted by atomic mass is 9.77. The number of carbonyl (C=O) groups excluding carboxylic acids is 2. The second-order valence-corrected chi connectivity index (χ2v) is 8.99. The van der Waals surface area contributed by atoms with Crippen LogP contribution in [0.15, 0.2) is 54.6 Å². The molecule has 2 fully saturated rings. The van der Waals surface area contributed by atoms with E-state index in [0.29, 0.717) is 63.0 Å². The summed E-state index contributed by atoms with van der Waals surface area (Å²) in [4.78, 5) is 30.1. The quantitative estimate of drug-likeness (QED) is 0.661. The summed E-state index contributed by atoms with van der Waals surface area (Å²) in [6.07, 6.45) is 1.97. The molecule has 2 aromatic carbocycles. The first kappa shape index (κ1) is 22.6. The fraction of sp³-hybridized carbons (Fsp3) is 0.440. The van der Waals surface area contributed by atoms with Crippen LogP contribution in [0.25, 0.3) is 0 Å². The maximum Gasteiger partial charge on any atom is 0.255 e. The van der Waals surface area contributed by atoms with Gasteiger partial charge in [-0.15, -0.1) is 0 Å². The van der Waals surface area contributed by atoms with Crippen molar-refractivity contribution in [2.75, 3.05) is 46.0 Å². The zero-order valence-corrected chi connectivity index (χ0v) is 18.9. The number of hydrogen-bond acceptors (Lipinski definition) is 4. The van der Waals surface area contributed by atoms with Gasteiger partial charge >= 0.3 is 0 Å². The summed E-state index contributed by atoms with van der Waals surface area (Å²) in [5.41, 5.74) is 0.0360. The molecule has 2 heterocycles. The molecule has 0 saturated carbocycles. The van der Waals surface area contributed by atoms with Crippen LogP contribution in [-0.4, -0.2) is 67.6 Å². The van der Waals surface area contributed by atoms with E-state index in [4.69, 9.17) is 21.1 Å². The van der Waals surface area contributed by atoms with Crippen molar-refractivity contribution in [3.05, 3.63) is 65.2 Å². The first-order chi connectivity index (χ1) is 15.6. The Morgan fingerprint density at radius 3 is 2.44 bits per heavy atom. The van der Waals surface area contributed by atoms with E-state index < -0.39 is 5.41 Å². The Balaban J connectivity index is 1.53. The fourth-order valence-electron chi connectivity index (χ4n) is 4.50. The van der Waals surface area contributed by atoms with Gasteiger partial charge in [-0.25, -0.2) is 0 Å². The number of amides is 2. The lowest BCUT2D eigenvalue weighted by Gasteiger charge is -2.43. The number of halogens is 1. The van der Waals surface area contributed by atoms with Crippen molar-refractivity contribution in [2.24, 2.45) is 5.41 Å². The molecule has 0 bridgehead atoms. The van der Waals surface area contributed by atoms with Crippen molar-refractivity contribution in [1.29, 1.82) is 0 Å². The Kier molecular flexibility index (Phi) is 7.33. The highest BCUT2D eigenvalue weighted by Gasteiger charge is 2.41. The third-order valence-corrected chi connectivity index (χ3v) is 6.56. The van der Waals surface area contributed by atoms with E-state index in [-0.39, 0.29) is 11.8 Å². The molecule has 0 N–H and O–H groups in total. The van der Waals surface area contributed by atoms with E-state index in [1.54, 1.807) is 12.1 Å². The van der Waals surface area contributed by atoms with Crippen LogP contribution >= 0.6 is 11.6 Å². The molecule has 0 spiro atoms. The molecule has 0 aromatic heterocycles. The molecule has 2 aliphatic rings. The van der Waals surface area contributed by atoms with Gasteiger partial charge in [0.15, 0.2) is 0 Å². The third-order valence-electron chi connectivity index (χ3n) is 6.23. The predicted molar refractivity (Wildman–Crippen MR) is 123 cm³/mol. The van der Waals surface area contributed by atoms with Crippen LogP contribution in [0.5, 0.6) is 5.75 Å². The summed E-state index contributed by atoms with van der Waals surface area (Å²) < 4.78 is 11.5. The average Bonchev–Trinajstić information content (AvgIpc) is 2.84. The molecule has 2 saturated heterocycles. The summed E-state index contributed by atoms with van der Waals surface area (Å²) in [7, 11) is 0. The first-order valence-electron chi connectivity index (χ1n) is 11.1. The highest BCUT2D eigenvalue weighted by atomic mass is 35.5. The molecule has 170 valence electrons. The van der Waals surface area contributed by atoms with Crippen LogP contribution in [0.1, 0.15) is 29.6 Å². The van der Waals surface area contributed by atoms with Crippen LogP contribution in [0, 0.1) is 5.41 Å². The molecule has 32 heavy (non-hydrogen) atoms. The Morgan fingerprint density at radius 2 is 1.69 bits per heavy atom. The van der Waals surface area contributed by atoms with Crippen molar-refractivity contribution >= 4 is 23.4 Å². The normalized spacial score (nSPS) is 21.3. The van der Waals surface area contributed by atoms with Crippen molar-refractivity contribution in [3.8, 4) is 5.75 Å². The second kappa shape index (κ2) is 10.4. The number of para-hydroxylation sites is 1. The highest BCUT2D eigenvalue weighted by molar-refractivity contribution is 6.33. The number of hydrogen-bond donors (Lipinski definition) is 0. The summed E-state index contributed by atoms with van der Waals surface area (Å²) in [6.45, 7) is 3.82. The molecule has 7 heteroatoms. The van der Waals surface area contributed by atoms with Gasteiger partial charge in [-0.3, -0.25) is 9.59 Å². The number of benzene rings is 2. The monoisotopic (exact) mass is 456 g/mol. The fourth-order valence-corrected chi connectivity index (χ4v) is 4.71. The van der Waals surface area contributed by atoms with Crippen LogP contribution in [0.3, 0.4) is 0 Å². The van der Waals surface area contributed by atoms with Crippen LogP contribution in [0.4, 0.5) is 0 Å². The van der Waals surface area contributed by atoms with Gasteiger partial charge in [0.2, 0.25) is 5.91 Å². The molecule has 6 nitrogen and oxygen atoms in total. The zero-order chi connectivity index (χ0) is 22.4. The summed E-state index contributed by atoms with van der Waals surface area (Å²) >= 11 is 6.29. The van der Waals surface area contributed by atoms with E-state index >= 15 is 0 Å². The molecule has 2 amide bonds. The average molecular weight is 457 g/mol. The van der Waals surface area contributed by atoms with Gasteiger partial charge in [0, 0.05) is 38.0 Å². The largest absolute Gasteiger partial charge is 0.493 e. The van der Waals surface area contributed by atoms with Crippen molar-refractivity contribution in [3.63, 3.8) is 0 Å². The van der Waals surface area contributed by atoms with Crippen LogP contribution in [-0.2, 0) is 9.53 Å². The second-order valence-electron chi connectivity index (χ2n) is 8.58. The van der Waals surface area contributed by atoms with Gasteiger partial charge in [-0.2, -0.15) is 0 Å². The highest BCUT2D eigenvalue weighted by Crippen LogP contribution is 2.36. The molecule has 2 aromatic rings. The summed E-state index contributed by atoms with van der Waals surface area (Å²) in [5, 5.41) is 0.443. The smallest absolute Gasteiger partial charge is 0.255 e. The molecule has 1 unspecified atom stereocenters. The maximum absolute atomic E-state index is 13.3. The van der Waals surface area contributed by atoms with Crippen LogP contribution < -0.4 is 4.74 Å².